The summed E-state index contributed by atoms with van der Waals surface area (Å²) in [6.45, 7) is 14.1. The Morgan fingerprint density at radius 3 is 1.56 bits per heavy atom. The van der Waals surface area contributed by atoms with Gasteiger partial charge in [0.05, 0.1) is 11.2 Å². The van der Waals surface area contributed by atoms with Crippen molar-refractivity contribution in [1.82, 2.24) is 0 Å². The van der Waals surface area contributed by atoms with Gasteiger partial charge < -0.3 is 4.74 Å². The number of hydrogen-bond donors (Lipinski definition) is 0. The second-order valence-corrected chi connectivity index (χ2v) is 8.40. The molecule has 94 valence electrons. The van der Waals surface area contributed by atoms with Gasteiger partial charge in [-0.25, -0.2) is 0 Å². The van der Waals surface area contributed by atoms with E-state index in [4.69, 9.17) is 4.74 Å². The molecule has 0 bridgehead atoms. The highest BCUT2D eigenvalue weighted by Gasteiger charge is 2.53. The lowest BCUT2D eigenvalue weighted by Crippen LogP contribution is -2.46. The Balaban J connectivity index is 2.23. The molecule has 1 heteroatoms. The van der Waals surface area contributed by atoms with Gasteiger partial charge in [0.15, 0.2) is 0 Å². The van der Waals surface area contributed by atoms with Gasteiger partial charge in [0.2, 0.25) is 0 Å². The normalized spacial score (nSPS) is 34.1. The van der Waals surface area contributed by atoms with Gasteiger partial charge in [-0.05, 0) is 56.8 Å². The lowest BCUT2D eigenvalue weighted by molar-refractivity contribution is -0.148. The Morgan fingerprint density at radius 1 is 0.688 bits per heavy atom. The third-order valence-corrected chi connectivity index (χ3v) is 4.23. The van der Waals surface area contributed by atoms with Gasteiger partial charge in [-0.15, -0.1) is 0 Å². The van der Waals surface area contributed by atoms with Crippen molar-refractivity contribution in [2.24, 2.45) is 10.8 Å². The van der Waals surface area contributed by atoms with Crippen molar-refractivity contribution >= 4 is 0 Å². The molecule has 2 rings (SSSR count). The fourth-order valence-corrected chi connectivity index (χ4v) is 4.69. The van der Waals surface area contributed by atoms with E-state index in [2.05, 4.69) is 41.5 Å². The van der Waals surface area contributed by atoms with E-state index in [0.717, 1.165) is 0 Å². The molecule has 0 N–H and O–H groups in total. The molecule has 1 heterocycles. The van der Waals surface area contributed by atoms with Crippen molar-refractivity contribution in [3.8, 4) is 0 Å². The van der Waals surface area contributed by atoms with Gasteiger partial charge >= 0.3 is 0 Å². The summed E-state index contributed by atoms with van der Waals surface area (Å²) in [5.41, 5.74) is 1.14. The molecule has 0 amide bonds. The minimum Gasteiger partial charge on any atom is -0.369 e. The Kier molecular flexibility index (Phi) is 2.52. The summed E-state index contributed by atoms with van der Waals surface area (Å²) in [5.74, 6) is 0. The largest absolute Gasteiger partial charge is 0.369 e. The minimum atomic E-state index is 0.101. The molecule has 1 saturated heterocycles. The number of rotatable bonds is 0. The first kappa shape index (κ1) is 12.4. The lowest BCUT2D eigenvalue weighted by atomic mass is 9.59. The van der Waals surface area contributed by atoms with Crippen LogP contribution in [0.25, 0.3) is 0 Å². The van der Waals surface area contributed by atoms with E-state index in [1.807, 2.05) is 0 Å². The molecule has 2 aliphatic rings. The molecule has 1 saturated carbocycles. The fourth-order valence-electron chi connectivity index (χ4n) is 4.69. The molecule has 0 unspecified atom stereocenters. The zero-order chi connectivity index (χ0) is 12.2. The van der Waals surface area contributed by atoms with Crippen molar-refractivity contribution in [2.45, 2.75) is 84.8 Å². The minimum absolute atomic E-state index is 0.101. The summed E-state index contributed by atoms with van der Waals surface area (Å²) in [6, 6.07) is 0. The van der Waals surface area contributed by atoms with E-state index in [0.29, 0.717) is 10.8 Å². The van der Waals surface area contributed by atoms with Crippen LogP contribution < -0.4 is 0 Å². The molecule has 1 spiro atoms. The van der Waals surface area contributed by atoms with Gasteiger partial charge in [-0.1, -0.05) is 27.7 Å². The van der Waals surface area contributed by atoms with Crippen LogP contribution in [0.4, 0.5) is 0 Å². The highest BCUT2D eigenvalue weighted by atomic mass is 16.5. The maximum Gasteiger partial charge on any atom is 0.0701 e. The zero-order valence-corrected chi connectivity index (χ0v) is 11.9. The molecular weight excluding hydrogens is 196 g/mol. The van der Waals surface area contributed by atoms with Crippen LogP contribution in [0.1, 0.15) is 73.6 Å². The monoisotopic (exact) mass is 224 g/mol. The van der Waals surface area contributed by atoms with Crippen LogP contribution in [-0.2, 0) is 4.74 Å². The SMILES string of the molecule is CC1(C)CC(C)(C)CC2(CCC(C)(C)O2)C1. The molecule has 1 aliphatic carbocycles. The average Bonchev–Trinajstić information content (AvgIpc) is 2.17. The van der Waals surface area contributed by atoms with Crippen molar-refractivity contribution in [1.29, 1.82) is 0 Å². The van der Waals surface area contributed by atoms with Crippen LogP contribution in [0.15, 0.2) is 0 Å². The van der Waals surface area contributed by atoms with Crippen LogP contribution in [0.2, 0.25) is 0 Å². The first-order chi connectivity index (χ1) is 7.04. The topological polar surface area (TPSA) is 9.23 Å². The summed E-state index contributed by atoms with van der Waals surface area (Å²) in [5, 5.41) is 0. The smallest absolute Gasteiger partial charge is 0.0701 e. The van der Waals surface area contributed by atoms with Crippen LogP contribution in [0.5, 0.6) is 0 Å². The van der Waals surface area contributed by atoms with E-state index in [-0.39, 0.29) is 11.2 Å². The molecule has 0 aromatic heterocycles. The summed E-state index contributed by atoms with van der Waals surface area (Å²) in [6.07, 6.45) is 6.29. The lowest BCUT2D eigenvalue weighted by Gasteiger charge is -2.50. The maximum absolute atomic E-state index is 6.45. The molecule has 2 fully saturated rings. The van der Waals surface area contributed by atoms with E-state index < -0.39 is 0 Å². The molecular formula is C15H28O. The van der Waals surface area contributed by atoms with E-state index >= 15 is 0 Å². The standard InChI is InChI=1S/C15H28O/c1-12(2)9-13(3,4)11-15(10-12)8-7-14(5,6)16-15/h7-11H2,1-6H3. The summed E-state index contributed by atoms with van der Waals surface area (Å²) >= 11 is 0. The first-order valence-electron chi connectivity index (χ1n) is 6.74. The van der Waals surface area contributed by atoms with Crippen LogP contribution in [0.3, 0.4) is 0 Å². The third kappa shape index (κ3) is 2.45. The highest BCUT2D eigenvalue weighted by molar-refractivity contribution is 5.03. The van der Waals surface area contributed by atoms with Gasteiger partial charge in [0, 0.05) is 0 Å². The summed E-state index contributed by atoms with van der Waals surface area (Å²) < 4.78 is 6.45. The summed E-state index contributed by atoms with van der Waals surface area (Å²) in [4.78, 5) is 0. The van der Waals surface area contributed by atoms with Crippen molar-refractivity contribution in [3.05, 3.63) is 0 Å². The average molecular weight is 224 g/mol. The second-order valence-electron chi connectivity index (χ2n) is 8.40. The summed E-state index contributed by atoms with van der Waals surface area (Å²) in [7, 11) is 0. The van der Waals surface area contributed by atoms with Crippen molar-refractivity contribution in [3.63, 3.8) is 0 Å². The van der Waals surface area contributed by atoms with Gasteiger partial charge in [-0.2, -0.15) is 0 Å². The fraction of sp³-hybridized carbons (Fsp3) is 1.00. The molecule has 0 radical (unpaired) electrons. The van der Waals surface area contributed by atoms with Crippen molar-refractivity contribution < 1.29 is 4.74 Å². The van der Waals surface area contributed by atoms with Gasteiger partial charge in [0.1, 0.15) is 0 Å². The predicted octanol–water partition coefficient (Wildman–Crippen LogP) is 4.55. The molecule has 16 heavy (non-hydrogen) atoms. The maximum atomic E-state index is 6.45. The molecule has 0 aromatic rings. The number of ether oxygens (including phenoxy) is 1. The quantitative estimate of drug-likeness (QED) is 0.586. The van der Waals surface area contributed by atoms with E-state index in [1.54, 1.807) is 0 Å². The predicted molar refractivity (Wildman–Crippen MR) is 68.5 cm³/mol. The van der Waals surface area contributed by atoms with E-state index in [1.165, 1.54) is 32.1 Å². The van der Waals surface area contributed by atoms with Crippen LogP contribution >= 0.6 is 0 Å². The second kappa shape index (κ2) is 3.25. The Bertz CT molecular complexity index is 270. The molecule has 1 nitrogen and oxygen atoms in total. The van der Waals surface area contributed by atoms with Crippen LogP contribution in [0, 0.1) is 10.8 Å². The van der Waals surface area contributed by atoms with E-state index in [9.17, 15) is 0 Å². The van der Waals surface area contributed by atoms with Gasteiger partial charge in [0.25, 0.3) is 0 Å². The van der Waals surface area contributed by atoms with Gasteiger partial charge in [-0.3, -0.25) is 0 Å². The zero-order valence-electron chi connectivity index (χ0n) is 11.9. The molecule has 0 atom stereocenters. The Morgan fingerprint density at radius 2 is 1.19 bits per heavy atom. The first-order valence-corrected chi connectivity index (χ1v) is 6.74. The highest BCUT2D eigenvalue weighted by Crippen LogP contribution is 2.56. The third-order valence-electron chi connectivity index (χ3n) is 4.23. The Labute approximate surface area is 101 Å². The number of hydrogen-bond acceptors (Lipinski definition) is 1. The Hall–Kier alpha value is -0.0400. The molecule has 1 aliphatic heterocycles. The molecule has 0 aromatic carbocycles. The van der Waals surface area contributed by atoms with Crippen molar-refractivity contribution in [2.75, 3.05) is 0 Å². The van der Waals surface area contributed by atoms with Crippen LogP contribution in [-0.4, -0.2) is 11.2 Å².